The molecule has 1 aliphatic rings. The molecule has 1 saturated heterocycles. The van der Waals surface area contributed by atoms with Crippen molar-refractivity contribution in [1.82, 2.24) is 19.7 Å². The zero-order chi connectivity index (χ0) is 19.5. The van der Waals surface area contributed by atoms with Gasteiger partial charge in [0, 0.05) is 18.7 Å². The van der Waals surface area contributed by atoms with E-state index in [1.807, 2.05) is 43.0 Å². The number of aromatic nitrogens is 3. The van der Waals surface area contributed by atoms with Gasteiger partial charge in [-0.2, -0.15) is 5.10 Å². The zero-order valence-corrected chi connectivity index (χ0v) is 16.5. The summed E-state index contributed by atoms with van der Waals surface area (Å²) in [4.78, 5) is 19.4. The summed E-state index contributed by atoms with van der Waals surface area (Å²) in [5, 5.41) is 4.42. The first-order valence-electron chi connectivity index (χ1n) is 9.89. The van der Waals surface area contributed by atoms with E-state index < -0.39 is 0 Å². The Balaban J connectivity index is 1.49. The van der Waals surface area contributed by atoms with Crippen molar-refractivity contribution in [2.24, 2.45) is 0 Å². The highest BCUT2D eigenvalue weighted by molar-refractivity contribution is 5.76. The Kier molecular flexibility index (Phi) is 5.28. The quantitative estimate of drug-likeness (QED) is 0.677. The van der Waals surface area contributed by atoms with E-state index in [2.05, 4.69) is 22.2 Å². The van der Waals surface area contributed by atoms with Crippen molar-refractivity contribution in [3.8, 4) is 0 Å². The summed E-state index contributed by atoms with van der Waals surface area (Å²) >= 11 is 0. The molecule has 3 heterocycles. The van der Waals surface area contributed by atoms with Crippen molar-refractivity contribution in [2.75, 3.05) is 6.54 Å². The van der Waals surface area contributed by atoms with Gasteiger partial charge in [0.25, 0.3) is 0 Å². The lowest BCUT2D eigenvalue weighted by Crippen LogP contribution is -2.40. The number of nitrogens with zero attached hydrogens (tertiary/aromatic N) is 4. The maximum absolute atomic E-state index is 13.0. The number of benzene rings is 1. The molecule has 2 aromatic heterocycles. The molecule has 146 valence electrons. The first-order valence-corrected chi connectivity index (χ1v) is 9.89. The molecule has 0 aliphatic carbocycles. The number of carbonyl (C=O) groups excluding carboxylic acids is 1. The van der Waals surface area contributed by atoms with Crippen LogP contribution >= 0.6 is 0 Å². The number of piperidine rings is 1. The first kappa shape index (κ1) is 18.5. The van der Waals surface area contributed by atoms with Gasteiger partial charge in [-0.1, -0.05) is 30.3 Å². The van der Waals surface area contributed by atoms with Gasteiger partial charge >= 0.3 is 0 Å². The van der Waals surface area contributed by atoms with E-state index >= 15 is 0 Å². The average Bonchev–Trinajstić information content (AvgIpc) is 3.28. The summed E-state index contributed by atoms with van der Waals surface area (Å²) in [5.41, 5.74) is 3.12. The number of hydrogen-bond acceptors (Lipinski definition) is 4. The second kappa shape index (κ2) is 8.00. The molecule has 1 amide bonds. The minimum Gasteiger partial charge on any atom is -0.443 e. The Morgan fingerprint density at radius 1 is 1.21 bits per heavy atom. The van der Waals surface area contributed by atoms with Crippen molar-refractivity contribution in [2.45, 2.75) is 52.1 Å². The fourth-order valence-electron chi connectivity index (χ4n) is 3.90. The lowest BCUT2D eigenvalue weighted by molar-refractivity contribution is -0.136. The van der Waals surface area contributed by atoms with Crippen molar-refractivity contribution < 1.29 is 9.21 Å². The smallest absolute Gasteiger partial charge is 0.244 e. The molecular formula is C22H26N4O2. The number of likely N-dealkylation sites (tertiary alicyclic amines) is 1. The van der Waals surface area contributed by atoms with Crippen molar-refractivity contribution in [1.29, 1.82) is 0 Å². The highest BCUT2D eigenvalue weighted by atomic mass is 16.4. The molecule has 1 aromatic carbocycles. The minimum atomic E-state index is -0.0947. The summed E-state index contributed by atoms with van der Waals surface area (Å²) in [6, 6.07) is 12.1. The number of rotatable bonds is 5. The first-order chi connectivity index (χ1) is 13.6. The van der Waals surface area contributed by atoms with Crippen molar-refractivity contribution in [3.05, 3.63) is 71.2 Å². The van der Waals surface area contributed by atoms with Gasteiger partial charge in [-0.3, -0.25) is 9.48 Å². The van der Waals surface area contributed by atoms with Crippen LogP contribution in [0.25, 0.3) is 0 Å². The molecule has 0 unspecified atom stereocenters. The molecule has 1 fully saturated rings. The van der Waals surface area contributed by atoms with E-state index in [4.69, 9.17) is 4.42 Å². The minimum absolute atomic E-state index is 0.0682. The van der Waals surface area contributed by atoms with E-state index in [0.29, 0.717) is 12.3 Å². The second-order valence-corrected chi connectivity index (χ2v) is 7.51. The van der Waals surface area contributed by atoms with Gasteiger partial charge < -0.3 is 9.32 Å². The molecule has 0 saturated carbocycles. The van der Waals surface area contributed by atoms with Crippen LogP contribution in [0.1, 0.15) is 53.9 Å². The maximum Gasteiger partial charge on any atom is 0.244 e. The molecule has 0 radical (unpaired) electrons. The number of aryl methyl sites for hydroxylation is 2. The normalized spacial score (nSPS) is 17.1. The largest absolute Gasteiger partial charge is 0.443 e. The van der Waals surface area contributed by atoms with Crippen LogP contribution in [0.4, 0.5) is 0 Å². The van der Waals surface area contributed by atoms with Gasteiger partial charge in [0.1, 0.15) is 18.3 Å². The SMILES string of the molecule is Cc1cc(C)n(CC(=O)N2CCCC[C@@H]2c2ncc(Cc3ccccc3)o2)n1. The van der Waals surface area contributed by atoms with Crippen LogP contribution in [-0.2, 0) is 17.8 Å². The monoisotopic (exact) mass is 378 g/mol. The summed E-state index contributed by atoms with van der Waals surface area (Å²) in [5.74, 6) is 1.55. The summed E-state index contributed by atoms with van der Waals surface area (Å²) < 4.78 is 7.84. The van der Waals surface area contributed by atoms with Gasteiger partial charge in [0.15, 0.2) is 0 Å². The Hall–Kier alpha value is -2.89. The molecule has 0 N–H and O–H groups in total. The van der Waals surface area contributed by atoms with Crippen LogP contribution in [0.5, 0.6) is 0 Å². The van der Waals surface area contributed by atoms with Gasteiger partial charge in [-0.15, -0.1) is 0 Å². The van der Waals surface area contributed by atoms with E-state index in [9.17, 15) is 4.79 Å². The zero-order valence-electron chi connectivity index (χ0n) is 16.5. The van der Waals surface area contributed by atoms with Gasteiger partial charge in [-0.05, 0) is 44.7 Å². The number of oxazole rings is 1. The third-order valence-electron chi connectivity index (χ3n) is 5.29. The number of amides is 1. The van der Waals surface area contributed by atoms with Crippen LogP contribution < -0.4 is 0 Å². The number of carbonyl (C=O) groups is 1. The summed E-state index contributed by atoms with van der Waals surface area (Å²) in [7, 11) is 0. The van der Waals surface area contributed by atoms with Crippen LogP contribution in [0, 0.1) is 13.8 Å². The molecule has 28 heavy (non-hydrogen) atoms. The van der Waals surface area contributed by atoms with Crippen LogP contribution in [0.2, 0.25) is 0 Å². The fraction of sp³-hybridized carbons (Fsp3) is 0.409. The van der Waals surface area contributed by atoms with Crippen LogP contribution in [-0.4, -0.2) is 32.1 Å². The Morgan fingerprint density at radius 3 is 2.79 bits per heavy atom. The molecular weight excluding hydrogens is 352 g/mol. The van der Waals surface area contributed by atoms with E-state index in [0.717, 1.165) is 43.0 Å². The molecule has 0 bridgehead atoms. The molecule has 4 rings (SSSR count). The van der Waals surface area contributed by atoms with E-state index in [-0.39, 0.29) is 18.5 Å². The fourth-order valence-corrected chi connectivity index (χ4v) is 3.90. The van der Waals surface area contributed by atoms with Gasteiger partial charge in [0.2, 0.25) is 11.8 Å². The topological polar surface area (TPSA) is 64.2 Å². The molecule has 6 heteroatoms. The summed E-state index contributed by atoms with van der Waals surface area (Å²) in [6.45, 7) is 4.91. The average molecular weight is 378 g/mol. The van der Waals surface area contributed by atoms with Gasteiger partial charge in [-0.25, -0.2) is 4.98 Å². The van der Waals surface area contributed by atoms with Crippen LogP contribution in [0.15, 0.2) is 47.0 Å². The van der Waals surface area contributed by atoms with E-state index in [1.165, 1.54) is 5.56 Å². The Bertz CT molecular complexity index is 945. The second-order valence-electron chi connectivity index (χ2n) is 7.51. The maximum atomic E-state index is 13.0. The van der Waals surface area contributed by atoms with E-state index in [1.54, 1.807) is 10.9 Å². The van der Waals surface area contributed by atoms with Crippen molar-refractivity contribution >= 4 is 5.91 Å². The Morgan fingerprint density at radius 2 is 2.04 bits per heavy atom. The van der Waals surface area contributed by atoms with Crippen LogP contribution in [0.3, 0.4) is 0 Å². The van der Waals surface area contributed by atoms with Gasteiger partial charge in [0.05, 0.1) is 11.9 Å². The lowest BCUT2D eigenvalue weighted by atomic mass is 10.0. The standard InChI is InChI=1S/C22H26N4O2/c1-16-12-17(2)26(24-16)15-21(27)25-11-7-6-10-20(25)22-23-14-19(28-22)13-18-8-4-3-5-9-18/h3-5,8-9,12,14,20H,6-7,10-11,13,15H2,1-2H3/t20-/m1/s1. The highest BCUT2D eigenvalue weighted by Crippen LogP contribution is 2.31. The third-order valence-corrected chi connectivity index (χ3v) is 5.29. The lowest BCUT2D eigenvalue weighted by Gasteiger charge is -2.33. The molecule has 0 spiro atoms. The third kappa shape index (κ3) is 4.01. The predicted octanol–water partition coefficient (Wildman–Crippen LogP) is 3.83. The predicted molar refractivity (Wildman–Crippen MR) is 106 cm³/mol. The molecule has 1 atom stereocenters. The molecule has 3 aromatic rings. The summed E-state index contributed by atoms with van der Waals surface area (Å²) in [6.07, 6.45) is 5.47. The molecule has 6 nitrogen and oxygen atoms in total. The highest BCUT2D eigenvalue weighted by Gasteiger charge is 2.31. The molecule has 1 aliphatic heterocycles. The number of hydrogen-bond donors (Lipinski definition) is 0. The Labute approximate surface area is 165 Å². The van der Waals surface area contributed by atoms with Crippen molar-refractivity contribution in [3.63, 3.8) is 0 Å².